The van der Waals surface area contributed by atoms with Crippen LogP contribution in [-0.4, -0.2) is 40.3 Å². The van der Waals surface area contributed by atoms with Crippen molar-refractivity contribution < 1.29 is 8.42 Å². The molecule has 0 radical (unpaired) electrons. The molecule has 4 heterocycles. The van der Waals surface area contributed by atoms with E-state index in [1.165, 1.54) is 22.5 Å². The van der Waals surface area contributed by atoms with Gasteiger partial charge in [-0.2, -0.15) is 9.57 Å². The Morgan fingerprint density at radius 2 is 2.06 bits per heavy atom. The highest BCUT2D eigenvalue weighted by atomic mass is 32.2. The molecule has 0 saturated carbocycles. The minimum Gasteiger partial charge on any atom is -0.346 e. The summed E-state index contributed by atoms with van der Waals surface area (Å²) in [7, 11) is -3.76. The summed E-state index contributed by atoms with van der Waals surface area (Å²) in [4.78, 5) is 20.1. The average Bonchev–Trinajstić information content (AvgIpc) is 3.29. The zero-order chi connectivity index (χ0) is 22.5. The SMILES string of the molecule is C[C@@H]1CCN(S(=O)(=O)c2cccc(C#N)c2)C[C@@H]1n1ccc(=O)c2cnc3[nH]ccc3c21. The molecular weight excluding hydrogens is 426 g/mol. The largest absolute Gasteiger partial charge is 0.346 e. The van der Waals surface area contributed by atoms with E-state index in [1.54, 1.807) is 30.7 Å². The highest BCUT2D eigenvalue weighted by Gasteiger charge is 2.35. The third-order valence-corrected chi connectivity index (χ3v) is 8.17. The Morgan fingerprint density at radius 3 is 2.88 bits per heavy atom. The summed E-state index contributed by atoms with van der Waals surface area (Å²) in [6.45, 7) is 2.77. The Bertz CT molecular complexity index is 1550. The summed E-state index contributed by atoms with van der Waals surface area (Å²) < 4.78 is 30.2. The molecule has 9 heteroatoms. The van der Waals surface area contributed by atoms with Crippen LogP contribution in [0.5, 0.6) is 0 Å². The van der Waals surface area contributed by atoms with Gasteiger partial charge >= 0.3 is 0 Å². The van der Waals surface area contributed by atoms with Gasteiger partial charge in [0.05, 0.1) is 33.5 Å². The number of benzene rings is 1. The number of sulfonamides is 1. The fourth-order valence-corrected chi connectivity index (χ4v) is 6.04. The van der Waals surface area contributed by atoms with Crippen LogP contribution in [0.4, 0.5) is 0 Å². The van der Waals surface area contributed by atoms with E-state index in [-0.39, 0.29) is 28.8 Å². The smallest absolute Gasteiger partial charge is 0.243 e. The molecule has 3 aromatic heterocycles. The van der Waals surface area contributed by atoms with Gasteiger partial charge in [0.25, 0.3) is 0 Å². The maximum Gasteiger partial charge on any atom is 0.243 e. The average molecular weight is 448 g/mol. The molecule has 1 saturated heterocycles. The first-order chi connectivity index (χ1) is 15.4. The predicted molar refractivity (Wildman–Crippen MR) is 121 cm³/mol. The third-order valence-electron chi connectivity index (χ3n) is 6.31. The number of nitrogens with zero attached hydrogens (tertiary/aromatic N) is 4. The molecule has 0 bridgehead atoms. The molecule has 0 unspecified atom stereocenters. The van der Waals surface area contributed by atoms with Crippen LogP contribution in [-0.2, 0) is 10.0 Å². The molecule has 0 aliphatic carbocycles. The molecule has 1 N–H and O–H groups in total. The summed E-state index contributed by atoms with van der Waals surface area (Å²) in [6, 6.07) is 11.3. The highest BCUT2D eigenvalue weighted by molar-refractivity contribution is 7.89. The molecule has 32 heavy (non-hydrogen) atoms. The summed E-state index contributed by atoms with van der Waals surface area (Å²) in [5.41, 5.74) is 1.62. The van der Waals surface area contributed by atoms with Crippen LogP contribution in [0.2, 0.25) is 0 Å². The standard InChI is InChI=1S/C23H21N5O3S/c1-15-6-9-27(32(30,31)17-4-2-3-16(11-17)12-24)14-20(15)28-10-7-21(29)19-13-26-23-18(22(19)28)5-8-25-23/h2-5,7-8,10-11,13,15,20H,6,9,14H2,1H3,(H,25,26)/t15-,20+/m1/s1. The van der Waals surface area contributed by atoms with Gasteiger partial charge in [-0.15, -0.1) is 0 Å². The zero-order valence-corrected chi connectivity index (χ0v) is 18.2. The quantitative estimate of drug-likeness (QED) is 0.519. The van der Waals surface area contributed by atoms with Gasteiger partial charge in [0.15, 0.2) is 5.43 Å². The highest BCUT2D eigenvalue weighted by Crippen LogP contribution is 2.34. The topological polar surface area (TPSA) is 112 Å². The number of hydrogen-bond acceptors (Lipinski definition) is 5. The molecular formula is C23H21N5O3S. The maximum absolute atomic E-state index is 13.4. The van der Waals surface area contributed by atoms with Crippen molar-refractivity contribution in [3.63, 3.8) is 0 Å². The number of fused-ring (bicyclic) bond motifs is 3. The number of H-pyrrole nitrogens is 1. The Morgan fingerprint density at radius 1 is 1.22 bits per heavy atom. The van der Waals surface area contributed by atoms with E-state index in [1.807, 2.05) is 16.7 Å². The molecule has 8 nitrogen and oxygen atoms in total. The van der Waals surface area contributed by atoms with Crippen LogP contribution < -0.4 is 5.43 Å². The second kappa shape index (κ2) is 7.58. The van der Waals surface area contributed by atoms with E-state index in [4.69, 9.17) is 5.26 Å². The fourth-order valence-electron chi connectivity index (χ4n) is 4.52. The van der Waals surface area contributed by atoms with Gasteiger partial charge in [0.1, 0.15) is 5.65 Å². The van der Waals surface area contributed by atoms with E-state index in [0.717, 1.165) is 10.9 Å². The van der Waals surface area contributed by atoms with E-state index in [0.29, 0.717) is 29.6 Å². The predicted octanol–water partition coefficient (Wildman–Crippen LogP) is 3.02. The number of piperidine rings is 1. The second-order valence-electron chi connectivity index (χ2n) is 8.18. The minimum absolute atomic E-state index is 0.117. The molecule has 1 aliphatic rings. The van der Waals surface area contributed by atoms with Gasteiger partial charge in [0, 0.05) is 43.1 Å². The Hall–Kier alpha value is -3.48. The molecule has 1 aliphatic heterocycles. The van der Waals surface area contributed by atoms with Crippen LogP contribution in [0.1, 0.15) is 24.9 Å². The summed E-state index contributed by atoms with van der Waals surface area (Å²) in [5.74, 6) is 0.194. The van der Waals surface area contributed by atoms with Crippen LogP contribution in [0.25, 0.3) is 21.9 Å². The number of nitriles is 1. The third kappa shape index (κ3) is 3.20. The van der Waals surface area contributed by atoms with Crippen molar-refractivity contribution in [2.75, 3.05) is 13.1 Å². The number of aromatic amines is 1. The zero-order valence-electron chi connectivity index (χ0n) is 17.4. The van der Waals surface area contributed by atoms with Crippen molar-refractivity contribution in [1.29, 1.82) is 5.26 Å². The number of hydrogen-bond donors (Lipinski definition) is 1. The number of pyridine rings is 2. The lowest BCUT2D eigenvalue weighted by molar-refractivity contribution is 0.204. The monoisotopic (exact) mass is 447 g/mol. The van der Waals surface area contributed by atoms with Gasteiger partial charge < -0.3 is 9.55 Å². The first-order valence-electron chi connectivity index (χ1n) is 10.4. The van der Waals surface area contributed by atoms with Gasteiger partial charge in [-0.25, -0.2) is 13.4 Å². The minimum atomic E-state index is -3.76. The van der Waals surface area contributed by atoms with Gasteiger partial charge in [-0.3, -0.25) is 4.79 Å². The maximum atomic E-state index is 13.4. The van der Waals surface area contributed by atoms with Crippen molar-refractivity contribution in [1.82, 2.24) is 18.8 Å². The van der Waals surface area contributed by atoms with E-state index >= 15 is 0 Å². The molecule has 4 aromatic rings. The molecule has 162 valence electrons. The van der Waals surface area contributed by atoms with Crippen LogP contribution >= 0.6 is 0 Å². The van der Waals surface area contributed by atoms with Crippen molar-refractivity contribution in [3.8, 4) is 6.07 Å². The van der Waals surface area contributed by atoms with E-state index < -0.39 is 10.0 Å². The van der Waals surface area contributed by atoms with Gasteiger partial charge in [0.2, 0.25) is 10.0 Å². The molecule has 5 rings (SSSR count). The van der Waals surface area contributed by atoms with E-state index in [2.05, 4.69) is 16.9 Å². The van der Waals surface area contributed by atoms with Crippen molar-refractivity contribution in [2.24, 2.45) is 5.92 Å². The number of aromatic nitrogens is 3. The van der Waals surface area contributed by atoms with Crippen molar-refractivity contribution >= 4 is 32.0 Å². The lowest BCUT2D eigenvalue weighted by Crippen LogP contribution is -2.44. The summed E-state index contributed by atoms with van der Waals surface area (Å²) >= 11 is 0. The van der Waals surface area contributed by atoms with Crippen molar-refractivity contribution in [2.45, 2.75) is 24.3 Å². The van der Waals surface area contributed by atoms with E-state index in [9.17, 15) is 13.2 Å². The van der Waals surface area contributed by atoms with Crippen LogP contribution in [0.15, 0.2) is 64.7 Å². The fraction of sp³-hybridized carbons (Fsp3) is 0.261. The Labute approximate surface area is 184 Å². The van der Waals surface area contributed by atoms with Gasteiger partial charge in [-0.1, -0.05) is 13.0 Å². The molecule has 2 atom stereocenters. The molecule has 1 fully saturated rings. The Balaban J connectivity index is 1.61. The van der Waals surface area contributed by atoms with Crippen molar-refractivity contribution in [3.05, 3.63) is 70.8 Å². The molecule has 0 spiro atoms. The first kappa shape index (κ1) is 20.4. The first-order valence-corrected chi connectivity index (χ1v) is 11.8. The van der Waals surface area contributed by atoms with Crippen LogP contribution in [0, 0.1) is 17.2 Å². The van der Waals surface area contributed by atoms with Crippen LogP contribution in [0.3, 0.4) is 0 Å². The molecule has 0 amide bonds. The van der Waals surface area contributed by atoms with Gasteiger partial charge in [-0.05, 0) is 36.6 Å². The second-order valence-corrected chi connectivity index (χ2v) is 10.1. The summed E-state index contributed by atoms with van der Waals surface area (Å²) in [5, 5.41) is 10.5. The Kier molecular flexibility index (Phi) is 4.84. The molecule has 1 aromatic carbocycles. The normalized spacial score (nSPS) is 19.9. The summed E-state index contributed by atoms with van der Waals surface area (Å²) in [6.07, 6.45) is 5.78. The lowest BCUT2D eigenvalue weighted by atomic mass is 9.94. The number of rotatable bonds is 3. The number of nitrogens with one attached hydrogen (secondary N) is 1. The lowest BCUT2D eigenvalue weighted by Gasteiger charge is -2.38.